The van der Waals surface area contributed by atoms with Gasteiger partial charge in [-0.05, 0) is 38.5 Å². The second-order valence-electron chi connectivity index (χ2n) is 5.72. The highest BCUT2D eigenvalue weighted by molar-refractivity contribution is 14.0. The lowest BCUT2D eigenvalue weighted by molar-refractivity contribution is 0.270. The molecular formula is C14H30IN3. The van der Waals surface area contributed by atoms with E-state index in [4.69, 9.17) is 0 Å². The van der Waals surface area contributed by atoms with Gasteiger partial charge in [-0.15, -0.1) is 24.0 Å². The Morgan fingerprint density at radius 3 is 2.61 bits per heavy atom. The Bertz CT molecular complexity index is 241. The first-order valence-electron chi connectivity index (χ1n) is 7.09. The van der Waals surface area contributed by atoms with Gasteiger partial charge in [-0.25, -0.2) is 0 Å². The van der Waals surface area contributed by atoms with Crippen LogP contribution in [-0.4, -0.2) is 25.6 Å². The van der Waals surface area contributed by atoms with E-state index in [2.05, 4.69) is 36.4 Å². The maximum atomic E-state index is 4.22. The molecule has 1 aliphatic carbocycles. The molecule has 0 spiro atoms. The minimum Gasteiger partial charge on any atom is -0.356 e. The van der Waals surface area contributed by atoms with E-state index < -0.39 is 0 Å². The van der Waals surface area contributed by atoms with Gasteiger partial charge in [0.1, 0.15) is 0 Å². The average Bonchev–Trinajstić information content (AvgIpc) is 2.27. The van der Waals surface area contributed by atoms with Crippen LogP contribution in [0.3, 0.4) is 0 Å². The number of aliphatic imine (C=N–C) groups is 1. The van der Waals surface area contributed by atoms with Gasteiger partial charge in [-0.1, -0.05) is 26.2 Å². The molecular weight excluding hydrogens is 337 g/mol. The summed E-state index contributed by atoms with van der Waals surface area (Å²) in [6.07, 6.45) is 6.97. The van der Waals surface area contributed by atoms with Gasteiger partial charge in [0.15, 0.2) is 5.96 Å². The van der Waals surface area contributed by atoms with E-state index in [1.165, 1.54) is 32.1 Å². The second kappa shape index (κ2) is 9.87. The maximum absolute atomic E-state index is 4.22. The van der Waals surface area contributed by atoms with Crippen molar-refractivity contribution in [2.45, 2.75) is 58.9 Å². The van der Waals surface area contributed by atoms with E-state index >= 15 is 0 Å². The van der Waals surface area contributed by atoms with Crippen molar-refractivity contribution in [3.05, 3.63) is 0 Å². The number of rotatable bonds is 4. The topological polar surface area (TPSA) is 36.4 Å². The fraction of sp³-hybridized carbons (Fsp3) is 0.929. The molecule has 1 saturated carbocycles. The molecule has 0 radical (unpaired) electrons. The number of nitrogens with zero attached hydrogens (tertiary/aromatic N) is 1. The van der Waals surface area contributed by atoms with Crippen molar-refractivity contribution in [1.82, 2.24) is 10.6 Å². The molecule has 1 rings (SSSR count). The summed E-state index contributed by atoms with van der Waals surface area (Å²) in [7, 11) is 1.83. The zero-order valence-corrected chi connectivity index (χ0v) is 14.7. The summed E-state index contributed by atoms with van der Waals surface area (Å²) in [4.78, 5) is 4.22. The first-order chi connectivity index (χ1) is 8.11. The van der Waals surface area contributed by atoms with E-state index in [0.717, 1.165) is 24.3 Å². The molecule has 1 aliphatic rings. The van der Waals surface area contributed by atoms with Crippen LogP contribution in [0.15, 0.2) is 4.99 Å². The summed E-state index contributed by atoms with van der Waals surface area (Å²) in [6.45, 7) is 7.70. The molecule has 0 aromatic rings. The van der Waals surface area contributed by atoms with Crippen LogP contribution in [0, 0.1) is 11.8 Å². The van der Waals surface area contributed by atoms with E-state index in [-0.39, 0.29) is 24.0 Å². The van der Waals surface area contributed by atoms with Gasteiger partial charge in [-0.2, -0.15) is 0 Å². The molecule has 3 nitrogen and oxygen atoms in total. The Labute approximate surface area is 130 Å². The highest BCUT2D eigenvalue weighted by atomic mass is 127. The van der Waals surface area contributed by atoms with Crippen molar-refractivity contribution in [2.24, 2.45) is 16.8 Å². The summed E-state index contributed by atoms with van der Waals surface area (Å²) in [5.74, 6) is 2.79. The monoisotopic (exact) mass is 367 g/mol. The van der Waals surface area contributed by atoms with Crippen LogP contribution >= 0.6 is 24.0 Å². The summed E-state index contributed by atoms with van der Waals surface area (Å²) in [5.41, 5.74) is 0. The lowest BCUT2D eigenvalue weighted by atomic mass is 9.81. The fourth-order valence-corrected chi connectivity index (χ4v) is 2.68. The van der Waals surface area contributed by atoms with Gasteiger partial charge in [0, 0.05) is 19.6 Å². The van der Waals surface area contributed by atoms with Crippen LogP contribution in [0.4, 0.5) is 0 Å². The predicted molar refractivity (Wildman–Crippen MR) is 90.8 cm³/mol. The molecule has 0 aliphatic heterocycles. The molecule has 2 atom stereocenters. The third-order valence-corrected chi connectivity index (χ3v) is 3.54. The van der Waals surface area contributed by atoms with Crippen LogP contribution in [0.2, 0.25) is 0 Å². The summed E-state index contributed by atoms with van der Waals surface area (Å²) < 4.78 is 0. The molecule has 0 heterocycles. The van der Waals surface area contributed by atoms with Crippen molar-refractivity contribution in [3.8, 4) is 0 Å². The van der Waals surface area contributed by atoms with Crippen LogP contribution in [0.1, 0.15) is 52.9 Å². The summed E-state index contributed by atoms with van der Waals surface area (Å²) in [5, 5.41) is 6.72. The van der Waals surface area contributed by atoms with Crippen molar-refractivity contribution < 1.29 is 0 Å². The number of halogens is 1. The van der Waals surface area contributed by atoms with E-state index in [0.29, 0.717) is 6.04 Å². The van der Waals surface area contributed by atoms with Gasteiger partial charge in [0.05, 0.1) is 0 Å². The van der Waals surface area contributed by atoms with Crippen LogP contribution < -0.4 is 10.6 Å². The summed E-state index contributed by atoms with van der Waals surface area (Å²) >= 11 is 0. The molecule has 0 bridgehead atoms. The summed E-state index contributed by atoms with van der Waals surface area (Å²) in [6, 6.07) is 0.441. The second-order valence-corrected chi connectivity index (χ2v) is 5.72. The Kier molecular flexibility index (Phi) is 9.87. The Balaban J connectivity index is 0.00000289. The normalized spacial score (nSPS) is 24.6. The smallest absolute Gasteiger partial charge is 0.191 e. The van der Waals surface area contributed by atoms with Crippen LogP contribution in [0.25, 0.3) is 0 Å². The average molecular weight is 367 g/mol. The third-order valence-electron chi connectivity index (χ3n) is 3.54. The molecule has 0 aromatic carbocycles. The molecule has 0 saturated heterocycles. The molecule has 0 aromatic heterocycles. The van der Waals surface area contributed by atoms with Crippen molar-refractivity contribution >= 4 is 29.9 Å². The minimum absolute atomic E-state index is 0. The minimum atomic E-state index is 0. The largest absolute Gasteiger partial charge is 0.356 e. The number of hydrogen-bond donors (Lipinski definition) is 2. The fourth-order valence-electron chi connectivity index (χ4n) is 2.68. The van der Waals surface area contributed by atoms with Gasteiger partial charge in [0.25, 0.3) is 0 Å². The lowest BCUT2D eigenvalue weighted by Crippen LogP contribution is -2.41. The van der Waals surface area contributed by atoms with Gasteiger partial charge in [0.2, 0.25) is 0 Å². The standard InChI is InChI=1S/C14H29N3.HI/c1-11(2)17-14(15-4)16-9-8-13-7-5-6-12(3)10-13;/h11-13H,5-10H2,1-4H3,(H2,15,16,17);1H. The van der Waals surface area contributed by atoms with Crippen molar-refractivity contribution in [2.75, 3.05) is 13.6 Å². The third kappa shape index (κ3) is 7.44. The number of nitrogens with one attached hydrogen (secondary N) is 2. The first-order valence-corrected chi connectivity index (χ1v) is 7.09. The lowest BCUT2D eigenvalue weighted by Gasteiger charge is -2.27. The van der Waals surface area contributed by atoms with E-state index in [9.17, 15) is 0 Å². The Hall–Kier alpha value is 0. The predicted octanol–water partition coefficient (Wildman–Crippen LogP) is 3.39. The van der Waals surface area contributed by atoms with Crippen molar-refractivity contribution in [3.63, 3.8) is 0 Å². The maximum Gasteiger partial charge on any atom is 0.191 e. The zero-order chi connectivity index (χ0) is 12.7. The number of hydrogen-bond acceptors (Lipinski definition) is 1. The van der Waals surface area contributed by atoms with Gasteiger partial charge < -0.3 is 10.6 Å². The highest BCUT2D eigenvalue weighted by Gasteiger charge is 2.18. The zero-order valence-electron chi connectivity index (χ0n) is 12.3. The van der Waals surface area contributed by atoms with Crippen molar-refractivity contribution in [1.29, 1.82) is 0 Å². The molecule has 2 N–H and O–H groups in total. The van der Waals surface area contributed by atoms with Crippen LogP contribution in [-0.2, 0) is 0 Å². The van der Waals surface area contributed by atoms with Crippen LogP contribution in [0.5, 0.6) is 0 Å². The molecule has 2 unspecified atom stereocenters. The van der Waals surface area contributed by atoms with Gasteiger partial charge >= 0.3 is 0 Å². The molecule has 0 amide bonds. The molecule has 4 heteroatoms. The highest BCUT2D eigenvalue weighted by Crippen LogP contribution is 2.30. The quantitative estimate of drug-likeness (QED) is 0.454. The number of guanidine groups is 1. The Morgan fingerprint density at radius 1 is 1.33 bits per heavy atom. The Morgan fingerprint density at radius 2 is 2.06 bits per heavy atom. The SMILES string of the molecule is CN=C(NCCC1CCCC(C)C1)NC(C)C.I. The molecule has 18 heavy (non-hydrogen) atoms. The van der Waals surface area contributed by atoms with E-state index in [1.54, 1.807) is 0 Å². The van der Waals surface area contributed by atoms with E-state index in [1.807, 2.05) is 7.05 Å². The first kappa shape index (κ1) is 18.0. The van der Waals surface area contributed by atoms with Gasteiger partial charge in [-0.3, -0.25) is 4.99 Å². The molecule has 1 fully saturated rings. The molecule has 108 valence electrons.